The Labute approximate surface area is 114 Å². The molecule has 1 fully saturated rings. The Bertz CT molecular complexity index is 472. The number of nitrogens with one attached hydrogen (secondary N) is 2. The van der Waals surface area contributed by atoms with Gasteiger partial charge >= 0.3 is 0 Å². The standard InChI is InChI=1S/C13H17BrN2O2/c14-9-5-2-1-3-6-10(9)16-13(18)11-7-4-8-12(17)15-11/h4,7-10H,1-3,5-6H2,(H,15,17)(H,16,18). The molecular formula is C13H17BrN2O2. The van der Waals surface area contributed by atoms with E-state index < -0.39 is 0 Å². The number of carbonyl (C=O) groups is 1. The predicted molar refractivity (Wildman–Crippen MR) is 74.1 cm³/mol. The molecule has 1 aliphatic carbocycles. The van der Waals surface area contributed by atoms with Crippen molar-refractivity contribution in [2.24, 2.45) is 0 Å². The first kappa shape index (κ1) is 13.3. The van der Waals surface area contributed by atoms with Gasteiger partial charge in [0.15, 0.2) is 0 Å². The van der Waals surface area contributed by atoms with Crippen LogP contribution in [0.15, 0.2) is 23.0 Å². The third kappa shape index (κ3) is 3.45. The van der Waals surface area contributed by atoms with E-state index in [9.17, 15) is 9.59 Å². The minimum absolute atomic E-state index is 0.142. The highest BCUT2D eigenvalue weighted by atomic mass is 79.9. The lowest BCUT2D eigenvalue weighted by atomic mass is 10.1. The van der Waals surface area contributed by atoms with Crippen molar-refractivity contribution < 1.29 is 4.79 Å². The van der Waals surface area contributed by atoms with E-state index in [1.807, 2.05) is 0 Å². The average Bonchev–Trinajstić information content (AvgIpc) is 2.55. The molecule has 5 heteroatoms. The van der Waals surface area contributed by atoms with Gasteiger partial charge < -0.3 is 10.3 Å². The summed E-state index contributed by atoms with van der Waals surface area (Å²) in [6.07, 6.45) is 5.62. The molecule has 0 spiro atoms. The van der Waals surface area contributed by atoms with Gasteiger partial charge in [-0.25, -0.2) is 0 Å². The fourth-order valence-electron chi connectivity index (χ4n) is 2.25. The molecule has 2 rings (SSSR count). The number of hydrogen-bond donors (Lipinski definition) is 2. The lowest BCUT2D eigenvalue weighted by molar-refractivity contribution is 0.0929. The molecule has 18 heavy (non-hydrogen) atoms. The monoisotopic (exact) mass is 312 g/mol. The molecule has 1 aliphatic rings. The summed E-state index contributed by atoms with van der Waals surface area (Å²) in [6.45, 7) is 0. The summed E-state index contributed by atoms with van der Waals surface area (Å²) in [5, 5.41) is 3.00. The zero-order chi connectivity index (χ0) is 13.0. The first-order chi connectivity index (χ1) is 8.66. The summed E-state index contributed by atoms with van der Waals surface area (Å²) in [7, 11) is 0. The SMILES string of the molecule is O=C(NC1CCCCCC1Br)c1cccc(=O)[nH]1. The number of carbonyl (C=O) groups excluding carboxylic acids is 1. The smallest absolute Gasteiger partial charge is 0.268 e. The topological polar surface area (TPSA) is 62.0 Å². The van der Waals surface area contributed by atoms with E-state index in [1.165, 1.54) is 18.9 Å². The zero-order valence-corrected chi connectivity index (χ0v) is 11.7. The second-order valence-corrected chi connectivity index (χ2v) is 5.84. The number of H-pyrrole nitrogens is 1. The van der Waals surface area contributed by atoms with E-state index in [0.717, 1.165) is 19.3 Å². The second kappa shape index (κ2) is 6.18. The maximum atomic E-state index is 12.0. The molecule has 2 N–H and O–H groups in total. The number of amides is 1. The highest BCUT2D eigenvalue weighted by Gasteiger charge is 2.23. The molecule has 98 valence electrons. The third-order valence-corrected chi connectivity index (χ3v) is 4.36. The van der Waals surface area contributed by atoms with Crippen LogP contribution in [0.3, 0.4) is 0 Å². The van der Waals surface area contributed by atoms with Gasteiger partial charge in [0.1, 0.15) is 5.69 Å². The molecule has 1 heterocycles. The number of rotatable bonds is 2. The normalized spacial score (nSPS) is 24.3. The Balaban J connectivity index is 2.04. The van der Waals surface area contributed by atoms with Crippen LogP contribution in [0.25, 0.3) is 0 Å². The van der Waals surface area contributed by atoms with Crippen molar-refractivity contribution >= 4 is 21.8 Å². The number of pyridine rings is 1. The molecule has 0 bridgehead atoms. The van der Waals surface area contributed by atoms with Crippen LogP contribution in [0.2, 0.25) is 0 Å². The lowest BCUT2D eigenvalue weighted by Crippen LogP contribution is -2.41. The van der Waals surface area contributed by atoms with Gasteiger partial charge in [-0.15, -0.1) is 0 Å². The molecule has 1 saturated carbocycles. The quantitative estimate of drug-likeness (QED) is 0.649. The Morgan fingerprint density at radius 2 is 2.06 bits per heavy atom. The van der Waals surface area contributed by atoms with Crippen LogP contribution in [0.1, 0.15) is 42.6 Å². The van der Waals surface area contributed by atoms with E-state index in [2.05, 4.69) is 26.2 Å². The van der Waals surface area contributed by atoms with Gasteiger partial charge in [-0.1, -0.05) is 41.3 Å². The highest BCUT2D eigenvalue weighted by molar-refractivity contribution is 9.09. The molecule has 2 atom stereocenters. The molecule has 2 unspecified atom stereocenters. The molecule has 0 radical (unpaired) electrons. The van der Waals surface area contributed by atoms with Crippen LogP contribution >= 0.6 is 15.9 Å². The average molecular weight is 313 g/mol. The summed E-state index contributed by atoms with van der Waals surface area (Å²) < 4.78 is 0. The van der Waals surface area contributed by atoms with Gasteiger partial charge in [-0.3, -0.25) is 9.59 Å². The van der Waals surface area contributed by atoms with Gasteiger partial charge in [0.25, 0.3) is 5.91 Å². The van der Waals surface area contributed by atoms with Gasteiger partial charge in [0.2, 0.25) is 5.56 Å². The van der Waals surface area contributed by atoms with Crippen molar-refractivity contribution in [2.45, 2.75) is 43.0 Å². The molecule has 0 aliphatic heterocycles. The van der Waals surface area contributed by atoms with E-state index in [0.29, 0.717) is 10.5 Å². The highest BCUT2D eigenvalue weighted by Crippen LogP contribution is 2.23. The molecule has 1 aromatic heterocycles. The minimum atomic E-state index is -0.251. The Kier molecular flexibility index (Phi) is 4.58. The molecule has 1 aromatic rings. The number of halogens is 1. The van der Waals surface area contributed by atoms with E-state index in [1.54, 1.807) is 12.1 Å². The van der Waals surface area contributed by atoms with Gasteiger partial charge in [0, 0.05) is 16.9 Å². The van der Waals surface area contributed by atoms with Crippen molar-refractivity contribution in [2.75, 3.05) is 0 Å². The summed E-state index contributed by atoms with van der Waals surface area (Å²) in [5.74, 6) is -0.205. The van der Waals surface area contributed by atoms with Crippen molar-refractivity contribution in [3.63, 3.8) is 0 Å². The van der Waals surface area contributed by atoms with E-state index in [4.69, 9.17) is 0 Å². The Hall–Kier alpha value is -1.10. The van der Waals surface area contributed by atoms with Crippen molar-refractivity contribution in [3.8, 4) is 0 Å². The van der Waals surface area contributed by atoms with Crippen LogP contribution in [0.4, 0.5) is 0 Å². The maximum Gasteiger partial charge on any atom is 0.268 e. The lowest BCUT2D eigenvalue weighted by Gasteiger charge is -2.21. The Morgan fingerprint density at radius 1 is 1.28 bits per heavy atom. The van der Waals surface area contributed by atoms with Gasteiger partial charge in [-0.2, -0.15) is 0 Å². The van der Waals surface area contributed by atoms with Crippen molar-refractivity contribution in [1.82, 2.24) is 10.3 Å². The van der Waals surface area contributed by atoms with Crippen molar-refractivity contribution in [1.29, 1.82) is 0 Å². The maximum absolute atomic E-state index is 12.0. The summed E-state index contributed by atoms with van der Waals surface area (Å²) in [5.41, 5.74) is 0.0744. The second-order valence-electron chi connectivity index (χ2n) is 4.66. The van der Waals surface area contributed by atoms with Crippen LogP contribution in [-0.2, 0) is 0 Å². The Morgan fingerprint density at radius 3 is 2.83 bits per heavy atom. The third-order valence-electron chi connectivity index (χ3n) is 3.26. The van der Waals surface area contributed by atoms with E-state index in [-0.39, 0.29) is 17.5 Å². The number of hydrogen-bond acceptors (Lipinski definition) is 2. The fourth-order valence-corrected chi connectivity index (χ4v) is 2.97. The first-order valence-electron chi connectivity index (χ1n) is 6.31. The summed E-state index contributed by atoms with van der Waals surface area (Å²) in [4.78, 5) is 26.0. The first-order valence-corrected chi connectivity index (χ1v) is 7.22. The van der Waals surface area contributed by atoms with E-state index >= 15 is 0 Å². The zero-order valence-electron chi connectivity index (χ0n) is 10.1. The summed E-state index contributed by atoms with van der Waals surface area (Å²) >= 11 is 3.63. The summed E-state index contributed by atoms with van der Waals surface area (Å²) in [6, 6.07) is 4.75. The van der Waals surface area contributed by atoms with Crippen LogP contribution in [0, 0.1) is 0 Å². The van der Waals surface area contributed by atoms with Crippen LogP contribution in [0.5, 0.6) is 0 Å². The van der Waals surface area contributed by atoms with Crippen molar-refractivity contribution in [3.05, 3.63) is 34.2 Å². The molecular weight excluding hydrogens is 296 g/mol. The van der Waals surface area contributed by atoms with Gasteiger partial charge in [0.05, 0.1) is 0 Å². The number of aromatic nitrogens is 1. The predicted octanol–water partition coefficient (Wildman–Crippen LogP) is 2.20. The van der Waals surface area contributed by atoms with Crippen LogP contribution in [-0.4, -0.2) is 21.8 Å². The molecule has 1 amide bonds. The van der Waals surface area contributed by atoms with Gasteiger partial charge in [-0.05, 0) is 18.9 Å². The number of alkyl halides is 1. The molecule has 0 saturated heterocycles. The molecule has 4 nitrogen and oxygen atoms in total. The largest absolute Gasteiger partial charge is 0.347 e. The number of aromatic amines is 1. The van der Waals surface area contributed by atoms with Crippen LogP contribution < -0.4 is 10.9 Å². The molecule has 0 aromatic carbocycles. The minimum Gasteiger partial charge on any atom is -0.347 e. The fraction of sp³-hybridized carbons (Fsp3) is 0.538.